The van der Waals surface area contributed by atoms with E-state index in [1.165, 1.54) is 0 Å². The predicted octanol–water partition coefficient (Wildman–Crippen LogP) is 8.91. The molecule has 36 heavy (non-hydrogen) atoms. The van der Waals surface area contributed by atoms with E-state index in [2.05, 4.69) is 45.5 Å². The van der Waals surface area contributed by atoms with Crippen molar-refractivity contribution in [2.75, 3.05) is 0 Å². The van der Waals surface area contributed by atoms with Crippen LogP contribution >= 0.6 is 0 Å². The average molecular weight is 464 g/mol. The lowest BCUT2D eigenvalue weighted by Gasteiger charge is -2.05. The van der Waals surface area contributed by atoms with Crippen LogP contribution in [0.2, 0.25) is 0 Å². The summed E-state index contributed by atoms with van der Waals surface area (Å²) >= 11 is 0. The van der Waals surface area contributed by atoms with Gasteiger partial charge in [0.2, 0.25) is 0 Å². The van der Waals surface area contributed by atoms with Gasteiger partial charge in [0.15, 0.2) is 0 Å². The topological polar surface area (TPSA) is 9.86 Å². The Bertz CT molecular complexity index is 1840. The molecule has 0 spiro atoms. The van der Waals surface area contributed by atoms with Crippen molar-refractivity contribution in [2.45, 2.75) is 0 Å². The van der Waals surface area contributed by atoms with Crippen molar-refractivity contribution in [3.63, 3.8) is 0 Å². The maximum atomic E-state index is 9.42. The Balaban J connectivity index is 1.51. The smallest absolute Gasteiger partial charge is 0.0636 e. The third-order valence-corrected chi connectivity index (χ3v) is 6.71. The van der Waals surface area contributed by atoms with E-state index in [0.29, 0.717) is 11.1 Å². The zero-order chi connectivity index (χ0) is 26.5. The predicted molar refractivity (Wildman–Crippen MR) is 151 cm³/mol. The van der Waals surface area contributed by atoms with Gasteiger partial charge in [-0.2, -0.15) is 0 Å². The van der Waals surface area contributed by atoms with Crippen LogP contribution in [0.25, 0.3) is 55.4 Å². The second-order valence-corrected chi connectivity index (χ2v) is 8.84. The van der Waals surface area contributed by atoms with Gasteiger partial charge in [0.25, 0.3) is 0 Å². The normalized spacial score (nSPS) is 12.5. The first-order chi connectivity index (χ1) is 19.1. The molecule has 5 aromatic carbocycles. The number of rotatable bonds is 4. The number of para-hydroxylation sites is 4. The monoisotopic (exact) mass is 463 g/mol. The van der Waals surface area contributed by atoms with E-state index in [-0.39, 0.29) is 18.1 Å². The van der Waals surface area contributed by atoms with E-state index >= 15 is 0 Å². The van der Waals surface area contributed by atoms with Crippen molar-refractivity contribution in [3.8, 4) is 33.6 Å². The van der Waals surface area contributed by atoms with Crippen LogP contribution in [0, 0.1) is 0 Å². The Hall–Kier alpha value is -4.82. The van der Waals surface area contributed by atoms with Crippen molar-refractivity contribution in [1.82, 2.24) is 9.13 Å². The first-order valence-corrected chi connectivity index (χ1v) is 12.0. The Morgan fingerprint density at radius 2 is 0.861 bits per heavy atom. The molecular weight excluding hydrogens is 436 g/mol. The third kappa shape index (κ3) is 3.35. The average Bonchev–Trinajstić information content (AvgIpc) is 3.54. The fourth-order valence-corrected chi connectivity index (χ4v) is 5.03. The lowest BCUT2D eigenvalue weighted by Crippen LogP contribution is -1.90. The highest BCUT2D eigenvalue weighted by Crippen LogP contribution is 2.37. The van der Waals surface area contributed by atoms with E-state index in [0.717, 1.165) is 44.3 Å². The van der Waals surface area contributed by atoms with E-state index in [1.54, 1.807) is 6.07 Å². The summed E-state index contributed by atoms with van der Waals surface area (Å²) in [4.78, 5) is 0. The minimum absolute atomic E-state index is 0.177. The van der Waals surface area contributed by atoms with Crippen LogP contribution in [0.1, 0.15) is 4.11 Å². The molecule has 170 valence electrons. The first kappa shape index (κ1) is 17.6. The number of aromatic nitrogens is 2. The Labute approximate surface area is 214 Å². The summed E-state index contributed by atoms with van der Waals surface area (Å²) in [7, 11) is 0. The highest BCUT2D eigenvalue weighted by atomic mass is 15.0. The molecule has 0 fully saturated rings. The molecule has 0 saturated carbocycles. The maximum absolute atomic E-state index is 9.42. The van der Waals surface area contributed by atoms with Gasteiger partial charge in [0, 0.05) is 45.7 Å². The summed E-state index contributed by atoms with van der Waals surface area (Å²) in [5.74, 6) is 0. The van der Waals surface area contributed by atoms with Gasteiger partial charge >= 0.3 is 0 Å². The molecule has 7 rings (SSSR count). The molecule has 0 N–H and O–H groups in total. The lowest BCUT2D eigenvalue weighted by atomic mass is 9.98. The van der Waals surface area contributed by atoms with E-state index in [1.807, 2.05) is 85.2 Å². The maximum Gasteiger partial charge on any atom is 0.0636 e. The largest absolute Gasteiger partial charge is 0.316 e. The second-order valence-electron chi connectivity index (χ2n) is 8.84. The van der Waals surface area contributed by atoms with Gasteiger partial charge in [-0.05, 0) is 53.6 Å². The molecule has 0 amide bonds. The molecule has 0 bridgehead atoms. The summed E-state index contributed by atoms with van der Waals surface area (Å²) in [6, 6.07) is 38.5. The number of fused-ring (bicyclic) bond motifs is 2. The Kier molecular flexibility index (Phi) is 4.12. The van der Waals surface area contributed by atoms with E-state index in [9.17, 15) is 1.37 Å². The van der Waals surface area contributed by atoms with Crippen LogP contribution in [-0.4, -0.2) is 9.13 Å². The van der Waals surface area contributed by atoms with Crippen LogP contribution in [0.3, 0.4) is 0 Å². The molecule has 0 radical (unpaired) electrons. The summed E-state index contributed by atoms with van der Waals surface area (Å²) in [6.45, 7) is 0. The highest BCUT2D eigenvalue weighted by molar-refractivity contribution is 6.00. The first-order valence-electron chi connectivity index (χ1n) is 13.5. The van der Waals surface area contributed by atoms with Gasteiger partial charge in [0.1, 0.15) is 0 Å². The van der Waals surface area contributed by atoms with Crippen LogP contribution in [0.5, 0.6) is 0 Å². The second kappa shape index (κ2) is 8.44. The zero-order valence-corrected chi connectivity index (χ0v) is 19.5. The Morgan fingerprint density at radius 1 is 0.444 bits per heavy atom. The molecule has 2 aromatic heterocycles. The van der Waals surface area contributed by atoms with Gasteiger partial charge in [0.05, 0.1) is 15.1 Å². The molecule has 7 aromatic rings. The third-order valence-electron chi connectivity index (χ3n) is 6.71. The highest BCUT2D eigenvalue weighted by Gasteiger charge is 2.15. The van der Waals surface area contributed by atoms with Crippen molar-refractivity contribution < 1.29 is 4.11 Å². The quantitative estimate of drug-likeness (QED) is 0.247. The molecule has 2 heterocycles. The van der Waals surface area contributed by atoms with Crippen molar-refractivity contribution in [1.29, 1.82) is 0 Å². The molecule has 0 aliphatic heterocycles. The molecule has 0 atom stereocenters. The van der Waals surface area contributed by atoms with Gasteiger partial charge < -0.3 is 9.13 Å². The minimum atomic E-state index is 0.177. The van der Waals surface area contributed by atoms with Crippen LogP contribution in [0.15, 0.2) is 146 Å². The fourth-order valence-electron chi connectivity index (χ4n) is 5.03. The number of nitrogens with zero attached hydrogens (tertiary/aromatic N) is 2. The molecule has 0 saturated heterocycles. The lowest BCUT2D eigenvalue weighted by molar-refractivity contribution is 1.13. The van der Waals surface area contributed by atoms with Gasteiger partial charge in [-0.25, -0.2) is 0 Å². The summed E-state index contributed by atoms with van der Waals surface area (Å²) in [6.07, 6.45) is 4.04. The van der Waals surface area contributed by atoms with Crippen LogP contribution in [-0.2, 0) is 0 Å². The number of hydrogen-bond donors (Lipinski definition) is 0. The van der Waals surface area contributed by atoms with Gasteiger partial charge in [-0.3, -0.25) is 0 Å². The van der Waals surface area contributed by atoms with Crippen LogP contribution in [0.4, 0.5) is 0 Å². The molecule has 2 heteroatoms. The van der Waals surface area contributed by atoms with Crippen molar-refractivity contribution in [2.24, 2.45) is 0 Å². The Morgan fingerprint density at radius 3 is 1.33 bits per heavy atom. The molecule has 0 aliphatic rings. The molecular formula is C34H24N2. The van der Waals surface area contributed by atoms with Gasteiger partial charge in [-0.1, -0.05) is 90.9 Å². The fraction of sp³-hybridized carbons (Fsp3) is 0. The zero-order valence-electron chi connectivity index (χ0n) is 22.5. The SMILES string of the molecule is [2H]c1cc([2H])c(-c2cn(-c3ccccc3)c3ccccc23)c([2H])c1-c1cn(-c2ccccc2)c2ccccc12. The van der Waals surface area contributed by atoms with E-state index in [4.69, 9.17) is 2.74 Å². The van der Waals surface area contributed by atoms with Crippen molar-refractivity contribution in [3.05, 3.63) is 146 Å². The van der Waals surface area contributed by atoms with Crippen LogP contribution < -0.4 is 0 Å². The molecule has 2 nitrogen and oxygen atoms in total. The van der Waals surface area contributed by atoms with Crippen molar-refractivity contribution >= 4 is 21.8 Å². The summed E-state index contributed by atoms with van der Waals surface area (Å²) in [5.41, 5.74) is 6.74. The number of benzene rings is 5. The molecule has 0 aliphatic carbocycles. The summed E-state index contributed by atoms with van der Waals surface area (Å²) < 4.78 is 31.4. The molecule has 0 unspecified atom stereocenters. The summed E-state index contributed by atoms with van der Waals surface area (Å²) in [5, 5.41) is 1.94. The van der Waals surface area contributed by atoms with E-state index < -0.39 is 0 Å². The standard InChI is InChI=1S/C34H24N2/c1-3-14-27(15-4-1)35-23-31(29-18-7-9-20-33(29)35)25-12-11-13-26(22-25)32-24-36(28-16-5-2-6-17-28)34-21-10-8-19-30(32)34/h1-24H/i12D,13D,22D. The minimum Gasteiger partial charge on any atom is -0.316 e. The van der Waals surface area contributed by atoms with Gasteiger partial charge in [-0.15, -0.1) is 0 Å². The number of hydrogen-bond acceptors (Lipinski definition) is 0.